The van der Waals surface area contributed by atoms with Crippen molar-refractivity contribution in [1.29, 1.82) is 0 Å². The number of hydrogen-bond acceptors (Lipinski definition) is 3. The second-order valence-electron chi connectivity index (χ2n) is 3.83. The molecule has 1 fully saturated rings. The van der Waals surface area contributed by atoms with Crippen molar-refractivity contribution in [2.45, 2.75) is 6.54 Å². The Kier molecular flexibility index (Phi) is 4.57. The first-order valence-electron chi connectivity index (χ1n) is 5.58. The van der Waals surface area contributed by atoms with E-state index in [9.17, 15) is 0 Å². The van der Waals surface area contributed by atoms with Crippen molar-refractivity contribution in [1.82, 2.24) is 15.2 Å². The van der Waals surface area contributed by atoms with Crippen LogP contribution in [-0.2, 0) is 6.54 Å². The summed E-state index contributed by atoms with van der Waals surface area (Å²) in [5.74, 6) is 2.60. The molecule has 0 radical (unpaired) electrons. The maximum Gasteiger partial charge on any atom is 0.0357 e. The molecule has 1 aromatic heterocycles. The molecule has 1 aromatic rings. The lowest BCUT2D eigenvalue weighted by Gasteiger charge is -2.26. The van der Waals surface area contributed by atoms with Gasteiger partial charge in [-0.2, -0.15) is 11.8 Å². The molecule has 0 aliphatic carbocycles. The van der Waals surface area contributed by atoms with Crippen molar-refractivity contribution in [3.05, 3.63) is 24.0 Å². The highest BCUT2D eigenvalue weighted by Crippen LogP contribution is 2.07. The van der Waals surface area contributed by atoms with E-state index in [4.69, 9.17) is 0 Å². The van der Waals surface area contributed by atoms with Gasteiger partial charge >= 0.3 is 0 Å². The molecule has 3 nitrogen and oxygen atoms in total. The number of nitrogens with one attached hydrogen (secondary N) is 2. The molecule has 15 heavy (non-hydrogen) atoms. The van der Waals surface area contributed by atoms with Crippen LogP contribution in [0.3, 0.4) is 0 Å². The SMILES string of the molecule is c1c[nH]c(CNCCN2CCSCC2)c1. The van der Waals surface area contributed by atoms with Gasteiger partial charge < -0.3 is 15.2 Å². The summed E-state index contributed by atoms with van der Waals surface area (Å²) < 4.78 is 0. The first-order valence-corrected chi connectivity index (χ1v) is 6.74. The van der Waals surface area contributed by atoms with Crippen LogP contribution in [0.4, 0.5) is 0 Å². The van der Waals surface area contributed by atoms with Crippen LogP contribution in [0.1, 0.15) is 5.69 Å². The van der Waals surface area contributed by atoms with Crippen molar-refractivity contribution < 1.29 is 0 Å². The zero-order valence-electron chi connectivity index (χ0n) is 9.04. The molecule has 2 heterocycles. The highest BCUT2D eigenvalue weighted by molar-refractivity contribution is 7.99. The summed E-state index contributed by atoms with van der Waals surface area (Å²) in [6, 6.07) is 4.16. The average molecular weight is 225 g/mol. The van der Waals surface area contributed by atoms with Crippen molar-refractivity contribution in [3.8, 4) is 0 Å². The molecule has 4 heteroatoms. The molecule has 0 unspecified atom stereocenters. The molecule has 2 N–H and O–H groups in total. The number of hydrogen-bond donors (Lipinski definition) is 2. The highest BCUT2D eigenvalue weighted by Gasteiger charge is 2.08. The standard InChI is InChI=1S/C11H19N3S/c1-2-11(13-3-1)10-12-4-5-14-6-8-15-9-7-14/h1-3,12-13H,4-10H2. The zero-order chi connectivity index (χ0) is 10.3. The van der Waals surface area contributed by atoms with Crippen molar-refractivity contribution >= 4 is 11.8 Å². The van der Waals surface area contributed by atoms with Gasteiger partial charge in [0.05, 0.1) is 0 Å². The number of rotatable bonds is 5. The summed E-state index contributed by atoms with van der Waals surface area (Å²) in [5, 5.41) is 3.46. The van der Waals surface area contributed by atoms with E-state index in [1.807, 2.05) is 12.3 Å². The molecule has 84 valence electrons. The molecule has 0 bridgehead atoms. The Balaban J connectivity index is 1.54. The van der Waals surface area contributed by atoms with Crippen LogP contribution in [0, 0.1) is 0 Å². The van der Waals surface area contributed by atoms with Crippen LogP contribution >= 0.6 is 11.8 Å². The lowest BCUT2D eigenvalue weighted by Crippen LogP contribution is -2.37. The Morgan fingerprint density at radius 2 is 2.27 bits per heavy atom. The molecular weight excluding hydrogens is 206 g/mol. The molecule has 1 saturated heterocycles. The summed E-state index contributed by atoms with van der Waals surface area (Å²) in [6.07, 6.45) is 1.97. The quantitative estimate of drug-likeness (QED) is 0.737. The molecule has 0 saturated carbocycles. The third kappa shape index (κ3) is 3.89. The van der Waals surface area contributed by atoms with Crippen LogP contribution in [0.2, 0.25) is 0 Å². The Morgan fingerprint density at radius 1 is 1.40 bits per heavy atom. The molecule has 0 atom stereocenters. The van der Waals surface area contributed by atoms with E-state index in [2.05, 4.69) is 33.0 Å². The van der Waals surface area contributed by atoms with Crippen molar-refractivity contribution in [2.24, 2.45) is 0 Å². The minimum atomic E-state index is 0.954. The molecule has 1 aliphatic rings. The number of nitrogens with zero attached hydrogens (tertiary/aromatic N) is 1. The van der Waals surface area contributed by atoms with E-state index < -0.39 is 0 Å². The average Bonchev–Trinajstić information content (AvgIpc) is 2.79. The molecule has 0 spiro atoms. The van der Waals surface area contributed by atoms with Crippen LogP contribution in [0.15, 0.2) is 18.3 Å². The Morgan fingerprint density at radius 3 is 3.00 bits per heavy atom. The van der Waals surface area contributed by atoms with E-state index in [1.54, 1.807) is 0 Å². The molecular formula is C11H19N3S. The highest BCUT2D eigenvalue weighted by atomic mass is 32.2. The smallest absolute Gasteiger partial charge is 0.0357 e. The van der Waals surface area contributed by atoms with Crippen molar-refractivity contribution in [3.63, 3.8) is 0 Å². The van der Waals surface area contributed by atoms with E-state index in [0.717, 1.165) is 13.1 Å². The van der Waals surface area contributed by atoms with Gasteiger partial charge in [-0.15, -0.1) is 0 Å². The monoisotopic (exact) mass is 225 g/mol. The Labute approximate surface area is 95.6 Å². The number of thioether (sulfide) groups is 1. The fourth-order valence-corrected chi connectivity index (χ4v) is 2.74. The van der Waals surface area contributed by atoms with E-state index in [1.165, 1.54) is 36.8 Å². The van der Waals surface area contributed by atoms with Gasteiger partial charge in [-0.05, 0) is 12.1 Å². The zero-order valence-corrected chi connectivity index (χ0v) is 9.85. The van der Waals surface area contributed by atoms with E-state index in [-0.39, 0.29) is 0 Å². The second kappa shape index (κ2) is 6.20. The molecule has 0 amide bonds. The third-order valence-corrected chi connectivity index (χ3v) is 3.63. The first kappa shape index (κ1) is 11.0. The lowest BCUT2D eigenvalue weighted by atomic mass is 10.4. The Hall–Kier alpha value is -0.450. The maximum absolute atomic E-state index is 3.46. The minimum Gasteiger partial charge on any atom is -0.364 e. The van der Waals surface area contributed by atoms with Gasteiger partial charge in [0.1, 0.15) is 0 Å². The summed E-state index contributed by atoms with van der Waals surface area (Å²) >= 11 is 2.07. The van der Waals surface area contributed by atoms with Gasteiger partial charge in [0.25, 0.3) is 0 Å². The van der Waals surface area contributed by atoms with Crippen LogP contribution in [0.5, 0.6) is 0 Å². The second-order valence-corrected chi connectivity index (χ2v) is 5.05. The maximum atomic E-state index is 3.46. The van der Waals surface area contributed by atoms with Gasteiger partial charge in [0, 0.05) is 56.1 Å². The largest absolute Gasteiger partial charge is 0.364 e. The molecule has 0 aromatic carbocycles. The van der Waals surface area contributed by atoms with Gasteiger partial charge in [0.15, 0.2) is 0 Å². The van der Waals surface area contributed by atoms with E-state index >= 15 is 0 Å². The summed E-state index contributed by atoms with van der Waals surface area (Å²) in [5.41, 5.74) is 1.27. The predicted molar refractivity (Wildman–Crippen MR) is 66.3 cm³/mol. The fourth-order valence-electron chi connectivity index (χ4n) is 1.76. The van der Waals surface area contributed by atoms with Gasteiger partial charge in [-0.1, -0.05) is 0 Å². The number of aromatic amines is 1. The molecule has 2 rings (SSSR count). The number of aromatic nitrogens is 1. The normalized spacial score (nSPS) is 18.1. The van der Waals surface area contributed by atoms with Crippen molar-refractivity contribution in [2.75, 3.05) is 37.7 Å². The summed E-state index contributed by atoms with van der Waals surface area (Å²) in [4.78, 5) is 5.74. The first-order chi connectivity index (χ1) is 7.45. The van der Waals surface area contributed by atoms with Crippen LogP contribution in [-0.4, -0.2) is 47.6 Å². The Bertz CT molecular complexity index is 255. The summed E-state index contributed by atoms with van der Waals surface area (Å²) in [7, 11) is 0. The van der Waals surface area contributed by atoms with Gasteiger partial charge in [-0.3, -0.25) is 0 Å². The summed E-state index contributed by atoms with van der Waals surface area (Å²) in [6.45, 7) is 5.74. The van der Waals surface area contributed by atoms with Crippen LogP contribution < -0.4 is 5.32 Å². The van der Waals surface area contributed by atoms with Crippen LogP contribution in [0.25, 0.3) is 0 Å². The molecule has 1 aliphatic heterocycles. The van der Waals surface area contributed by atoms with Gasteiger partial charge in [-0.25, -0.2) is 0 Å². The lowest BCUT2D eigenvalue weighted by molar-refractivity contribution is 0.301. The topological polar surface area (TPSA) is 31.1 Å². The third-order valence-electron chi connectivity index (χ3n) is 2.69. The predicted octanol–water partition coefficient (Wildman–Crippen LogP) is 1.15. The number of H-pyrrole nitrogens is 1. The van der Waals surface area contributed by atoms with Gasteiger partial charge in [0.2, 0.25) is 0 Å². The fraction of sp³-hybridized carbons (Fsp3) is 0.636. The minimum absolute atomic E-state index is 0.954. The van der Waals surface area contributed by atoms with E-state index in [0.29, 0.717) is 0 Å².